The van der Waals surface area contributed by atoms with Gasteiger partial charge in [-0.2, -0.15) is 0 Å². The maximum atomic E-state index is 11.8. The number of carbonyl (C=O) groups excluding carboxylic acids is 1. The molecule has 1 amide bonds. The van der Waals surface area contributed by atoms with Crippen molar-refractivity contribution in [1.29, 1.82) is 0 Å². The molecule has 0 aliphatic carbocycles. The van der Waals surface area contributed by atoms with Crippen molar-refractivity contribution in [1.82, 2.24) is 9.88 Å². The van der Waals surface area contributed by atoms with E-state index in [0.29, 0.717) is 11.4 Å². The van der Waals surface area contributed by atoms with Crippen LogP contribution in [0.4, 0.5) is 0 Å². The van der Waals surface area contributed by atoms with E-state index in [4.69, 9.17) is 5.73 Å². The van der Waals surface area contributed by atoms with E-state index >= 15 is 0 Å². The summed E-state index contributed by atoms with van der Waals surface area (Å²) in [5, 5.41) is 0. The number of carbonyl (C=O) groups is 1. The number of nitrogens with zero attached hydrogens (tertiary/aromatic N) is 2. The van der Waals surface area contributed by atoms with E-state index < -0.39 is 0 Å². The first-order valence-corrected chi connectivity index (χ1v) is 5.58. The maximum absolute atomic E-state index is 11.8. The Morgan fingerprint density at radius 2 is 2.57 bits per heavy atom. The molecule has 1 aliphatic rings. The van der Waals surface area contributed by atoms with E-state index in [1.807, 2.05) is 4.90 Å². The normalized spacial score (nSPS) is 22.4. The van der Waals surface area contributed by atoms with E-state index in [2.05, 4.69) is 4.98 Å². The average Bonchev–Trinajstić information content (AvgIpc) is 2.69. The molecule has 1 saturated heterocycles. The molecule has 76 valence electrons. The van der Waals surface area contributed by atoms with Crippen molar-refractivity contribution in [3.63, 3.8) is 0 Å². The molecular formula is C9H13N3OS. The highest BCUT2D eigenvalue weighted by molar-refractivity contribution is 7.11. The van der Waals surface area contributed by atoms with Crippen LogP contribution in [0.3, 0.4) is 0 Å². The molecule has 0 bridgehead atoms. The number of thiazole rings is 1. The molecule has 1 aromatic heterocycles. The topological polar surface area (TPSA) is 59.2 Å². The minimum atomic E-state index is 0.0719. The Hall–Kier alpha value is -0.940. The Labute approximate surface area is 86.7 Å². The van der Waals surface area contributed by atoms with Gasteiger partial charge in [-0.25, -0.2) is 0 Å². The lowest BCUT2D eigenvalue weighted by atomic mass is 10.1. The van der Waals surface area contributed by atoms with Gasteiger partial charge in [-0.05, 0) is 12.8 Å². The Balaban J connectivity index is 2.04. The summed E-state index contributed by atoms with van der Waals surface area (Å²) >= 11 is 1.38. The van der Waals surface area contributed by atoms with Crippen LogP contribution in [0.2, 0.25) is 0 Å². The molecule has 0 radical (unpaired) electrons. The second-order valence-electron chi connectivity index (χ2n) is 3.52. The summed E-state index contributed by atoms with van der Waals surface area (Å²) in [5.74, 6) is 0.0719. The number of piperidine rings is 1. The Morgan fingerprint density at radius 3 is 3.21 bits per heavy atom. The Kier molecular flexibility index (Phi) is 2.79. The lowest BCUT2D eigenvalue weighted by molar-refractivity contribution is 0.0713. The van der Waals surface area contributed by atoms with E-state index in [0.717, 1.165) is 19.4 Å². The Morgan fingerprint density at radius 1 is 1.71 bits per heavy atom. The van der Waals surface area contributed by atoms with Crippen LogP contribution < -0.4 is 5.73 Å². The summed E-state index contributed by atoms with van der Waals surface area (Å²) in [7, 11) is 0. The molecule has 5 heteroatoms. The van der Waals surface area contributed by atoms with Crippen molar-refractivity contribution in [2.24, 2.45) is 5.73 Å². The Bertz CT molecular complexity index is 312. The van der Waals surface area contributed by atoms with E-state index in [1.54, 1.807) is 11.7 Å². The van der Waals surface area contributed by atoms with Crippen LogP contribution in [0, 0.1) is 0 Å². The third-order valence-electron chi connectivity index (χ3n) is 2.39. The fourth-order valence-electron chi connectivity index (χ4n) is 1.67. The van der Waals surface area contributed by atoms with Gasteiger partial charge in [-0.15, -0.1) is 11.3 Å². The van der Waals surface area contributed by atoms with Gasteiger partial charge in [-0.3, -0.25) is 9.78 Å². The van der Waals surface area contributed by atoms with Gasteiger partial charge in [0.1, 0.15) is 4.88 Å². The quantitative estimate of drug-likeness (QED) is 0.744. The molecule has 0 spiro atoms. The zero-order chi connectivity index (χ0) is 9.97. The van der Waals surface area contributed by atoms with Crippen molar-refractivity contribution < 1.29 is 4.79 Å². The second kappa shape index (κ2) is 4.06. The molecule has 14 heavy (non-hydrogen) atoms. The first-order chi connectivity index (χ1) is 6.77. The predicted molar refractivity (Wildman–Crippen MR) is 55.2 cm³/mol. The van der Waals surface area contributed by atoms with E-state index in [1.165, 1.54) is 11.3 Å². The van der Waals surface area contributed by atoms with Gasteiger partial charge in [0.15, 0.2) is 0 Å². The highest BCUT2D eigenvalue weighted by atomic mass is 32.1. The van der Waals surface area contributed by atoms with Crippen LogP contribution in [0.1, 0.15) is 22.5 Å². The van der Waals surface area contributed by atoms with Crippen molar-refractivity contribution in [2.75, 3.05) is 13.1 Å². The summed E-state index contributed by atoms with van der Waals surface area (Å²) in [6.45, 7) is 1.50. The number of nitrogens with two attached hydrogens (primary N) is 1. The monoisotopic (exact) mass is 211 g/mol. The maximum Gasteiger partial charge on any atom is 0.265 e. The lowest BCUT2D eigenvalue weighted by Crippen LogP contribution is -2.45. The number of amides is 1. The molecule has 0 aromatic carbocycles. The van der Waals surface area contributed by atoms with E-state index in [-0.39, 0.29) is 11.9 Å². The number of aromatic nitrogens is 1. The zero-order valence-corrected chi connectivity index (χ0v) is 8.67. The van der Waals surface area contributed by atoms with Gasteiger partial charge in [0.2, 0.25) is 0 Å². The summed E-state index contributed by atoms with van der Waals surface area (Å²) in [5.41, 5.74) is 7.49. The van der Waals surface area contributed by atoms with Crippen LogP contribution in [0.5, 0.6) is 0 Å². The van der Waals surface area contributed by atoms with Crippen molar-refractivity contribution >= 4 is 17.2 Å². The van der Waals surface area contributed by atoms with Gasteiger partial charge < -0.3 is 10.6 Å². The molecule has 0 saturated carbocycles. The van der Waals surface area contributed by atoms with Gasteiger partial charge in [0, 0.05) is 19.1 Å². The molecular weight excluding hydrogens is 198 g/mol. The van der Waals surface area contributed by atoms with Crippen LogP contribution in [-0.2, 0) is 0 Å². The molecule has 1 atom stereocenters. The first kappa shape index (κ1) is 9.61. The molecule has 1 aliphatic heterocycles. The molecule has 4 nitrogen and oxygen atoms in total. The molecule has 1 fully saturated rings. The highest BCUT2D eigenvalue weighted by Crippen LogP contribution is 2.14. The average molecular weight is 211 g/mol. The zero-order valence-electron chi connectivity index (χ0n) is 7.85. The smallest absolute Gasteiger partial charge is 0.265 e. The third kappa shape index (κ3) is 1.93. The largest absolute Gasteiger partial charge is 0.336 e. The summed E-state index contributed by atoms with van der Waals surface area (Å²) in [6, 6.07) is 0.139. The minimum absolute atomic E-state index is 0.0719. The SMILES string of the molecule is N[C@@H]1CCCN(C(=O)c2cncs2)C1. The first-order valence-electron chi connectivity index (χ1n) is 4.70. The number of rotatable bonds is 1. The van der Waals surface area contributed by atoms with Crippen molar-refractivity contribution in [3.8, 4) is 0 Å². The standard InChI is InChI=1S/C9H13N3OS/c10-7-2-1-3-12(5-7)9(13)8-4-11-6-14-8/h4,6-7H,1-3,5,10H2/t7-/m1/s1. The lowest BCUT2D eigenvalue weighted by Gasteiger charge is -2.30. The van der Waals surface area contributed by atoms with Gasteiger partial charge in [0.25, 0.3) is 5.91 Å². The molecule has 1 aromatic rings. The van der Waals surface area contributed by atoms with Crippen LogP contribution in [0.15, 0.2) is 11.7 Å². The molecule has 2 N–H and O–H groups in total. The van der Waals surface area contributed by atoms with Crippen LogP contribution in [0.25, 0.3) is 0 Å². The number of hydrogen-bond acceptors (Lipinski definition) is 4. The van der Waals surface area contributed by atoms with Crippen molar-refractivity contribution in [2.45, 2.75) is 18.9 Å². The number of hydrogen-bond donors (Lipinski definition) is 1. The van der Waals surface area contributed by atoms with Gasteiger partial charge in [0.05, 0.1) is 11.7 Å². The number of likely N-dealkylation sites (tertiary alicyclic amines) is 1. The molecule has 2 heterocycles. The predicted octanol–water partition coefficient (Wildman–Crippen LogP) is 0.706. The van der Waals surface area contributed by atoms with Gasteiger partial charge >= 0.3 is 0 Å². The van der Waals surface area contributed by atoms with Crippen LogP contribution >= 0.6 is 11.3 Å². The fraction of sp³-hybridized carbons (Fsp3) is 0.556. The summed E-state index contributed by atoms with van der Waals surface area (Å²) < 4.78 is 0. The highest BCUT2D eigenvalue weighted by Gasteiger charge is 2.22. The fourth-order valence-corrected chi connectivity index (χ4v) is 2.26. The third-order valence-corrected chi connectivity index (χ3v) is 3.15. The minimum Gasteiger partial charge on any atom is -0.336 e. The second-order valence-corrected chi connectivity index (χ2v) is 4.41. The van der Waals surface area contributed by atoms with Gasteiger partial charge in [-0.1, -0.05) is 0 Å². The van der Waals surface area contributed by atoms with Crippen LogP contribution in [-0.4, -0.2) is 34.9 Å². The van der Waals surface area contributed by atoms with E-state index in [9.17, 15) is 4.79 Å². The van der Waals surface area contributed by atoms with Crippen molar-refractivity contribution in [3.05, 3.63) is 16.6 Å². The summed E-state index contributed by atoms with van der Waals surface area (Å²) in [4.78, 5) is 18.3. The molecule has 2 rings (SSSR count). The summed E-state index contributed by atoms with van der Waals surface area (Å²) in [6.07, 6.45) is 3.64. The molecule has 0 unspecified atom stereocenters.